The van der Waals surface area contributed by atoms with Gasteiger partial charge in [-0.15, -0.1) is 0 Å². The number of amides is 2. The van der Waals surface area contributed by atoms with Crippen molar-refractivity contribution in [2.45, 2.75) is 27.2 Å². The lowest BCUT2D eigenvalue weighted by Crippen LogP contribution is -2.28. The molecule has 0 saturated carbocycles. The van der Waals surface area contributed by atoms with Gasteiger partial charge in [0.05, 0.1) is 16.5 Å². The van der Waals surface area contributed by atoms with Crippen molar-refractivity contribution in [3.8, 4) is 0 Å². The fourth-order valence-electron chi connectivity index (χ4n) is 3.32. The molecule has 140 valence electrons. The number of carbonyl (C=O) groups excluding carboxylic acids is 2. The van der Waals surface area contributed by atoms with E-state index in [1.54, 1.807) is 17.9 Å². The van der Waals surface area contributed by atoms with Gasteiger partial charge in [-0.2, -0.15) is 0 Å². The molecule has 0 bridgehead atoms. The van der Waals surface area contributed by atoms with Crippen LogP contribution in [0.4, 0.5) is 17.1 Å². The van der Waals surface area contributed by atoms with E-state index in [9.17, 15) is 19.7 Å². The summed E-state index contributed by atoms with van der Waals surface area (Å²) >= 11 is 0. The van der Waals surface area contributed by atoms with Gasteiger partial charge in [-0.1, -0.05) is 23.8 Å². The molecule has 7 heteroatoms. The summed E-state index contributed by atoms with van der Waals surface area (Å²) in [4.78, 5) is 37.2. The van der Waals surface area contributed by atoms with Crippen LogP contribution in [0.25, 0.3) is 0 Å². The summed E-state index contributed by atoms with van der Waals surface area (Å²) in [5.41, 5.74) is 3.94. The summed E-state index contributed by atoms with van der Waals surface area (Å²) < 4.78 is 0. The van der Waals surface area contributed by atoms with Crippen molar-refractivity contribution in [2.24, 2.45) is 5.92 Å². The van der Waals surface area contributed by atoms with Gasteiger partial charge >= 0.3 is 0 Å². The molecule has 1 aliphatic rings. The van der Waals surface area contributed by atoms with Crippen molar-refractivity contribution >= 4 is 28.9 Å². The molecular formula is C20H21N3O4. The molecule has 1 aliphatic heterocycles. The first kappa shape index (κ1) is 18.6. The van der Waals surface area contributed by atoms with Gasteiger partial charge in [0, 0.05) is 30.8 Å². The highest BCUT2D eigenvalue weighted by Gasteiger charge is 2.35. The van der Waals surface area contributed by atoms with E-state index >= 15 is 0 Å². The van der Waals surface area contributed by atoms with Gasteiger partial charge in [0.15, 0.2) is 0 Å². The zero-order chi connectivity index (χ0) is 19.7. The molecule has 1 unspecified atom stereocenters. The van der Waals surface area contributed by atoms with E-state index < -0.39 is 10.8 Å². The van der Waals surface area contributed by atoms with Crippen LogP contribution in [0.2, 0.25) is 0 Å². The van der Waals surface area contributed by atoms with Crippen molar-refractivity contribution < 1.29 is 14.5 Å². The van der Waals surface area contributed by atoms with Gasteiger partial charge in [-0.25, -0.2) is 0 Å². The SMILES string of the molecule is Cc1ccc(N2CC(C(=O)Nc3cc([N+](=O)[O-])ccc3C)CC2=O)c(C)c1. The predicted octanol–water partition coefficient (Wildman–Crippen LogP) is 3.51. The minimum Gasteiger partial charge on any atom is -0.325 e. The Morgan fingerprint density at radius 2 is 1.89 bits per heavy atom. The minimum atomic E-state index is -0.504. The Bertz CT molecular complexity index is 939. The second-order valence-electron chi connectivity index (χ2n) is 6.94. The number of anilines is 2. The molecule has 1 atom stereocenters. The average Bonchev–Trinajstić information content (AvgIpc) is 2.98. The Morgan fingerprint density at radius 1 is 1.15 bits per heavy atom. The van der Waals surface area contributed by atoms with Crippen LogP contribution in [0.3, 0.4) is 0 Å². The first-order valence-corrected chi connectivity index (χ1v) is 8.70. The van der Waals surface area contributed by atoms with Crippen molar-refractivity contribution in [1.82, 2.24) is 0 Å². The largest absolute Gasteiger partial charge is 0.325 e. The van der Waals surface area contributed by atoms with Gasteiger partial charge in [0.25, 0.3) is 5.69 Å². The van der Waals surface area contributed by atoms with Crippen LogP contribution < -0.4 is 10.2 Å². The molecule has 2 aromatic rings. The third-order valence-electron chi connectivity index (χ3n) is 4.83. The van der Waals surface area contributed by atoms with Crippen LogP contribution >= 0.6 is 0 Å². The molecule has 0 radical (unpaired) electrons. The molecule has 0 spiro atoms. The molecular weight excluding hydrogens is 346 g/mol. The lowest BCUT2D eigenvalue weighted by atomic mass is 10.1. The monoisotopic (exact) mass is 367 g/mol. The number of nitrogens with one attached hydrogen (secondary N) is 1. The number of nitro benzene ring substituents is 1. The highest BCUT2D eigenvalue weighted by Crippen LogP contribution is 2.30. The van der Waals surface area contributed by atoms with Crippen LogP contribution in [-0.4, -0.2) is 23.3 Å². The molecule has 1 heterocycles. The topological polar surface area (TPSA) is 92.6 Å². The van der Waals surface area contributed by atoms with Gasteiger partial charge < -0.3 is 10.2 Å². The number of nitro groups is 1. The standard InChI is InChI=1S/C20H21N3O4/c1-12-4-7-18(14(3)8-12)22-11-15(9-19(22)24)20(25)21-17-10-16(23(26)27)6-5-13(17)2/h4-8,10,15H,9,11H2,1-3H3,(H,21,25). The average molecular weight is 367 g/mol. The third-order valence-corrected chi connectivity index (χ3v) is 4.83. The molecule has 0 aliphatic carbocycles. The van der Waals surface area contributed by atoms with Crippen molar-refractivity contribution in [3.63, 3.8) is 0 Å². The number of benzene rings is 2. The maximum absolute atomic E-state index is 12.6. The van der Waals surface area contributed by atoms with E-state index in [0.29, 0.717) is 12.2 Å². The van der Waals surface area contributed by atoms with E-state index in [0.717, 1.165) is 22.4 Å². The van der Waals surface area contributed by atoms with E-state index in [4.69, 9.17) is 0 Å². The van der Waals surface area contributed by atoms with Crippen LogP contribution in [-0.2, 0) is 9.59 Å². The van der Waals surface area contributed by atoms with Gasteiger partial charge in [-0.3, -0.25) is 19.7 Å². The van der Waals surface area contributed by atoms with Crippen LogP contribution in [0.5, 0.6) is 0 Å². The van der Waals surface area contributed by atoms with Crippen molar-refractivity contribution in [1.29, 1.82) is 0 Å². The smallest absolute Gasteiger partial charge is 0.271 e. The van der Waals surface area contributed by atoms with E-state index in [2.05, 4.69) is 5.32 Å². The number of non-ortho nitro benzene ring substituents is 1. The molecule has 7 nitrogen and oxygen atoms in total. The van der Waals surface area contributed by atoms with Gasteiger partial charge in [0.2, 0.25) is 11.8 Å². The first-order valence-electron chi connectivity index (χ1n) is 8.70. The fraction of sp³-hybridized carbons (Fsp3) is 0.300. The van der Waals surface area contributed by atoms with Crippen LogP contribution in [0.15, 0.2) is 36.4 Å². The summed E-state index contributed by atoms with van der Waals surface area (Å²) in [6.07, 6.45) is 0.118. The van der Waals surface area contributed by atoms with Crippen LogP contribution in [0, 0.1) is 36.8 Å². The summed E-state index contributed by atoms with van der Waals surface area (Å²) in [7, 11) is 0. The Morgan fingerprint density at radius 3 is 2.56 bits per heavy atom. The van der Waals surface area contributed by atoms with Gasteiger partial charge in [0.1, 0.15) is 0 Å². The number of aryl methyl sites for hydroxylation is 3. The van der Waals surface area contributed by atoms with Gasteiger partial charge in [-0.05, 0) is 38.0 Å². The maximum Gasteiger partial charge on any atom is 0.271 e. The van der Waals surface area contributed by atoms with E-state index in [1.807, 2.05) is 32.0 Å². The summed E-state index contributed by atoms with van der Waals surface area (Å²) in [6, 6.07) is 10.2. The molecule has 2 amide bonds. The Balaban J connectivity index is 1.76. The molecule has 0 aromatic heterocycles. The number of rotatable bonds is 4. The molecule has 27 heavy (non-hydrogen) atoms. The quantitative estimate of drug-likeness (QED) is 0.661. The zero-order valence-electron chi connectivity index (χ0n) is 15.5. The second kappa shape index (κ2) is 7.19. The van der Waals surface area contributed by atoms with Crippen molar-refractivity contribution in [2.75, 3.05) is 16.8 Å². The number of hydrogen-bond acceptors (Lipinski definition) is 4. The zero-order valence-corrected chi connectivity index (χ0v) is 15.5. The Kier molecular flexibility index (Phi) is 4.94. The lowest BCUT2D eigenvalue weighted by molar-refractivity contribution is -0.384. The normalized spacial score (nSPS) is 16.5. The first-order chi connectivity index (χ1) is 12.8. The second-order valence-corrected chi connectivity index (χ2v) is 6.94. The lowest BCUT2D eigenvalue weighted by Gasteiger charge is -2.19. The number of carbonyl (C=O) groups is 2. The van der Waals surface area contributed by atoms with Crippen molar-refractivity contribution in [3.05, 3.63) is 63.2 Å². The summed E-state index contributed by atoms with van der Waals surface area (Å²) in [5.74, 6) is -0.908. The van der Waals surface area contributed by atoms with E-state index in [-0.39, 0.29) is 23.9 Å². The maximum atomic E-state index is 12.6. The molecule has 1 N–H and O–H groups in total. The minimum absolute atomic E-state index is 0.0877. The molecule has 2 aromatic carbocycles. The van der Waals surface area contributed by atoms with E-state index in [1.165, 1.54) is 12.1 Å². The fourth-order valence-corrected chi connectivity index (χ4v) is 3.32. The highest BCUT2D eigenvalue weighted by molar-refractivity contribution is 6.04. The van der Waals surface area contributed by atoms with Crippen LogP contribution in [0.1, 0.15) is 23.1 Å². The Hall–Kier alpha value is -3.22. The third kappa shape index (κ3) is 3.81. The molecule has 3 rings (SSSR count). The predicted molar refractivity (Wildman–Crippen MR) is 103 cm³/mol. The number of nitrogens with zero attached hydrogens (tertiary/aromatic N) is 2. The summed E-state index contributed by atoms with van der Waals surface area (Å²) in [5, 5.41) is 13.7. The Labute approximate surface area is 157 Å². The highest BCUT2D eigenvalue weighted by atomic mass is 16.6. The molecule has 1 fully saturated rings. The number of hydrogen-bond donors (Lipinski definition) is 1. The molecule has 1 saturated heterocycles. The summed E-state index contributed by atoms with van der Waals surface area (Å²) in [6.45, 7) is 5.99.